The average Bonchev–Trinajstić information content (AvgIpc) is 1.82. The lowest BCUT2D eigenvalue weighted by atomic mass is 10.4. The molecule has 0 aromatic carbocycles. The monoisotopic (exact) mass is 270 g/mol. The molecule has 0 amide bonds. The highest BCUT2D eigenvalue weighted by atomic mass is 127. The Morgan fingerprint density at radius 3 is 2.60 bits per heavy atom. The minimum absolute atomic E-state index is 0.472. The fourth-order valence-electron chi connectivity index (χ4n) is 0.229. The van der Waals surface area contributed by atoms with Gasteiger partial charge in [0.15, 0.2) is 0 Å². The van der Waals surface area contributed by atoms with Crippen molar-refractivity contribution in [2.24, 2.45) is 10.7 Å². The fraction of sp³-hybridized carbons (Fsp3) is 0.167. The summed E-state index contributed by atoms with van der Waals surface area (Å²) in [6.45, 7) is 5.26. The lowest BCUT2D eigenvalue weighted by Crippen LogP contribution is -1.99. The van der Waals surface area contributed by atoms with E-state index in [4.69, 9.17) is 17.3 Å². The van der Waals surface area contributed by atoms with Gasteiger partial charge in [0.2, 0.25) is 0 Å². The molecular formula is C6H8ClIN2. The van der Waals surface area contributed by atoms with Crippen molar-refractivity contribution in [2.45, 2.75) is 6.92 Å². The number of allylic oxidation sites excluding steroid dienone is 2. The number of hydrogen-bond acceptors (Lipinski definition) is 2. The maximum absolute atomic E-state index is 5.54. The average molecular weight is 271 g/mol. The Hall–Kier alpha value is -0.0300. The number of nitrogens with two attached hydrogens (primary N) is 1. The van der Waals surface area contributed by atoms with E-state index in [1.807, 2.05) is 22.6 Å². The molecule has 0 spiro atoms. The first-order valence-corrected chi connectivity index (χ1v) is 4.00. The molecule has 0 fully saturated rings. The molecular weight excluding hydrogens is 262 g/mol. The van der Waals surface area contributed by atoms with Crippen molar-refractivity contribution >= 4 is 40.4 Å². The molecule has 0 bridgehead atoms. The Labute approximate surface area is 79.0 Å². The lowest BCUT2D eigenvalue weighted by Gasteiger charge is -1.91. The lowest BCUT2D eigenvalue weighted by molar-refractivity contribution is 1.41. The molecule has 10 heavy (non-hydrogen) atoms. The first-order valence-electron chi connectivity index (χ1n) is 2.54. The second kappa shape index (κ2) is 4.73. The molecule has 0 aromatic heterocycles. The van der Waals surface area contributed by atoms with Crippen LogP contribution < -0.4 is 5.73 Å². The summed E-state index contributed by atoms with van der Waals surface area (Å²) in [5.41, 5.74) is 5.89. The fourth-order valence-corrected chi connectivity index (χ4v) is 0.417. The normalized spacial score (nSPS) is 13.5. The van der Waals surface area contributed by atoms with Crippen molar-refractivity contribution in [1.29, 1.82) is 0 Å². The predicted molar refractivity (Wildman–Crippen MR) is 54.4 cm³/mol. The highest BCUT2D eigenvalue weighted by Gasteiger charge is 1.87. The molecule has 0 radical (unpaired) electrons. The first kappa shape index (κ1) is 9.97. The van der Waals surface area contributed by atoms with Crippen molar-refractivity contribution in [1.82, 2.24) is 0 Å². The summed E-state index contributed by atoms with van der Waals surface area (Å²) >= 11 is 7.53. The molecule has 0 rings (SSSR count). The molecule has 0 aliphatic carbocycles. The molecule has 56 valence electrons. The molecule has 0 aliphatic rings. The Balaban J connectivity index is 4.16. The molecule has 0 aliphatic heterocycles. The van der Waals surface area contributed by atoms with E-state index < -0.39 is 0 Å². The standard InChI is InChI=1S/C6H8ClIN2/c1-4(7)6(9)3-10-5(2)8/h3H,2,9H2,1H3/b6-4-,10-3?. The van der Waals surface area contributed by atoms with Crippen LogP contribution in [-0.4, -0.2) is 6.21 Å². The van der Waals surface area contributed by atoms with Gasteiger partial charge in [0.1, 0.15) is 0 Å². The van der Waals surface area contributed by atoms with Crippen LogP contribution >= 0.6 is 34.2 Å². The topological polar surface area (TPSA) is 38.4 Å². The maximum atomic E-state index is 5.54. The molecule has 0 saturated carbocycles. The summed E-state index contributed by atoms with van der Waals surface area (Å²) in [5, 5.41) is 0.543. The number of halogens is 2. The summed E-state index contributed by atoms with van der Waals surface area (Å²) in [6, 6.07) is 0. The first-order chi connectivity index (χ1) is 4.54. The molecule has 0 unspecified atom stereocenters. The van der Waals surface area contributed by atoms with Crippen LogP contribution in [-0.2, 0) is 0 Å². The van der Waals surface area contributed by atoms with Gasteiger partial charge < -0.3 is 5.73 Å². The Kier molecular flexibility index (Phi) is 4.72. The zero-order chi connectivity index (χ0) is 8.15. The van der Waals surface area contributed by atoms with Gasteiger partial charge >= 0.3 is 0 Å². The molecule has 0 aromatic rings. The van der Waals surface area contributed by atoms with Crippen LogP contribution in [0.2, 0.25) is 0 Å². The number of nitrogens with zero attached hydrogens (tertiary/aromatic N) is 1. The zero-order valence-electron chi connectivity index (χ0n) is 5.56. The highest BCUT2D eigenvalue weighted by molar-refractivity contribution is 14.1. The van der Waals surface area contributed by atoms with E-state index in [2.05, 4.69) is 11.6 Å². The number of rotatable bonds is 2. The van der Waals surface area contributed by atoms with Crippen LogP contribution in [0.4, 0.5) is 0 Å². The van der Waals surface area contributed by atoms with Crippen LogP contribution in [0.25, 0.3) is 0 Å². The van der Waals surface area contributed by atoms with Gasteiger partial charge in [0.05, 0.1) is 15.6 Å². The van der Waals surface area contributed by atoms with E-state index >= 15 is 0 Å². The molecule has 2 nitrogen and oxygen atoms in total. The molecule has 2 N–H and O–H groups in total. The molecule has 0 atom stereocenters. The summed E-state index contributed by atoms with van der Waals surface area (Å²) in [5.74, 6) is 0. The van der Waals surface area contributed by atoms with Crippen LogP contribution in [0.5, 0.6) is 0 Å². The van der Waals surface area contributed by atoms with E-state index in [9.17, 15) is 0 Å². The van der Waals surface area contributed by atoms with Gasteiger partial charge in [-0.15, -0.1) is 0 Å². The second-order valence-electron chi connectivity index (χ2n) is 1.62. The molecule has 4 heteroatoms. The van der Waals surface area contributed by atoms with Gasteiger partial charge in [0, 0.05) is 5.03 Å². The Morgan fingerprint density at radius 2 is 2.30 bits per heavy atom. The third-order valence-electron chi connectivity index (χ3n) is 0.742. The van der Waals surface area contributed by atoms with Crippen LogP contribution in [0.15, 0.2) is 26.0 Å². The Morgan fingerprint density at radius 1 is 1.80 bits per heavy atom. The molecule has 0 heterocycles. The zero-order valence-corrected chi connectivity index (χ0v) is 8.48. The Bertz CT molecular complexity index is 192. The van der Waals surface area contributed by atoms with Crippen LogP contribution in [0, 0.1) is 0 Å². The summed E-state index contributed by atoms with van der Waals surface area (Å²) < 4.78 is 0.679. The van der Waals surface area contributed by atoms with E-state index in [1.165, 1.54) is 6.21 Å². The number of hydrogen-bond donors (Lipinski definition) is 1. The van der Waals surface area contributed by atoms with E-state index in [0.29, 0.717) is 14.4 Å². The van der Waals surface area contributed by atoms with E-state index in [-0.39, 0.29) is 0 Å². The van der Waals surface area contributed by atoms with Crippen LogP contribution in [0.3, 0.4) is 0 Å². The van der Waals surface area contributed by atoms with Crippen molar-refractivity contribution in [3.63, 3.8) is 0 Å². The summed E-state index contributed by atoms with van der Waals surface area (Å²) in [4.78, 5) is 3.85. The second-order valence-corrected chi connectivity index (χ2v) is 3.44. The summed E-state index contributed by atoms with van der Waals surface area (Å²) in [7, 11) is 0. The quantitative estimate of drug-likeness (QED) is 0.467. The maximum Gasteiger partial charge on any atom is 0.0938 e. The summed E-state index contributed by atoms with van der Waals surface area (Å²) in [6.07, 6.45) is 1.48. The molecule has 0 saturated heterocycles. The van der Waals surface area contributed by atoms with Gasteiger partial charge in [-0.1, -0.05) is 18.2 Å². The smallest absolute Gasteiger partial charge is 0.0938 e. The van der Waals surface area contributed by atoms with Crippen molar-refractivity contribution < 1.29 is 0 Å². The third-order valence-corrected chi connectivity index (χ3v) is 1.24. The van der Waals surface area contributed by atoms with Gasteiger partial charge in [-0.25, -0.2) is 4.99 Å². The minimum Gasteiger partial charge on any atom is -0.397 e. The number of aliphatic imine (C=N–C) groups is 1. The van der Waals surface area contributed by atoms with Gasteiger partial charge in [-0.2, -0.15) is 0 Å². The SMILES string of the molecule is C=C(I)N=C/C(N)=C(\C)Cl. The van der Waals surface area contributed by atoms with Gasteiger partial charge in [-0.3, -0.25) is 0 Å². The van der Waals surface area contributed by atoms with Gasteiger partial charge in [0.25, 0.3) is 0 Å². The van der Waals surface area contributed by atoms with E-state index in [1.54, 1.807) is 6.92 Å². The highest BCUT2D eigenvalue weighted by Crippen LogP contribution is 2.04. The van der Waals surface area contributed by atoms with Gasteiger partial charge in [-0.05, 0) is 29.5 Å². The van der Waals surface area contributed by atoms with Crippen molar-refractivity contribution in [2.75, 3.05) is 0 Å². The van der Waals surface area contributed by atoms with E-state index in [0.717, 1.165) is 0 Å². The largest absolute Gasteiger partial charge is 0.397 e. The predicted octanol–water partition coefficient (Wildman–Crippen LogP) is 2.39. The minimum atomic E-state index is 0.472. The van der Waals surface area contributed by atoms with Crippen LogP contribution in [0.1, 0.15) is 6.92 Å². The van der Waals surface area contributed by atoms with Crippen molar-refractivity contribution in [3.8, 4) is 0 Å². The third kappa shape index (κ3) is 4.81. The van der Waals surface area contributed by atoms with Crippen molar-refractivity contribution in [3.05, 3.63) is 21.0 Å².